The largest absolute Gasteiger partial charge is 0.418 e. The first kappa shape index (κ1) is 15.4. The fraction of sp³-hybridized carbons (Fsp3) is 0.300. The highest BCUT2D eigenvalue weighted by Gasteiger charge is 2.36. The zero-order valence-electron chi connectivity index (χ0n) is 10.7. The van der Waals surface area contributed by atoms with Gasteiger partial charge in [0, 0.05) is 11.4 Å². The summed E-state index contributed by atoms with van der Waals surface area (Å²) in [6, 6.07) is 1.59. The van der Waals surface area contributed by atoms with E-state index in [2.05, 4.69) is 5.32 Å². The minimum absolute atomic E-state index is 0.0620. The van der Waals surface area contributed by atoms with E-state index < -0.39 is 33.4 Å². The van der Waals surface area contributed by atoms with Crippen molar-refractivity contribution in [3.8, 4) is 0 Å². The van der Waals surface area contributed by atoms with Crippen LogP contribution in [0.3, 0.4) is 0 Å². The quantitative estimate of drug-likeness (QED) is 0.690. The Morgan fingerprint density at radius 2 is 2.00 bits per heavy atom. The van der Waals surface area contributed by atoms with E-state index in [1.807, 2.05) is 4.83 Å². The Bertz CT molecular complexity index is 702. The van der Waals surface area contributed by atoms with Crippen molar-refractivity contribution in [2.75, 3.05) is 24.0 Å². The molecule has 0 saturated heterocycles. The molecular formula is C10H11F3N4O3S. The number of nitrogens with zero attached hydrogens (tertiary/aromatic N) is 1. The van der Waals surface area contributed by atoms with Crippen molar-refractivity contribution in [1.82, 2.24) is 9.84 Å². The minimum Gasteiger partial charge on any atom is -0.398 e. The number of alkyl halides is 3. The maximum Gasteiger partial charge on any atom is 0.418 e. The lowest BCUT2D eigenvalue weighted by molar-refractivity contribution is -0.136. The summed E-state index contributed by atoms with van der Waals surface area (Å²) in [5.74, 6) is -0.797. The highest BCUT2D eigenvalue weighted by molar-refractivity contribution is 7.88. The van der Waals surface area contributed by atoms with Crippen LogP contribution in [-0.4, -0.2) is 32.3 Å². The van der Waals surface area contributed by atoms with Gasteiger partial charge in [0.15, 0.2) is 0 Å². The first-order chi connectivity index (χ1) is 9.49. The molecule has 2 rings (SSSR count). The van der Waals surface area contributed by atoms with Crippen molar-refractivity contribution in [1.29, 1.82) is 0 Å². The molecule has 0 aliphatic carbocycles. The molecular weight excluding hydrogens is 313 g/mol. The van der Waals surface area contributed by atoms with Crippen molar-refractivity contribution >= 4 is 27.3 Å². The van der Waals surface area contributed by atoms with Crippen LogP contribution in [-0.2, 0) is 16.2 Å². The summed E-state index contributed by atoms with van der Waals surface area (Å²) in [5.41, 5.74) is 3.42. The van der Waals surface area contributed by atoms with Gasteiger partial charge in [-0.25, -0.2) is 13.4 Å². The second kappa shape index (κ2) is 4.77. The van der Waals surface area contributed by atoms with Crippen LogP contribution in [0.15, 0.2) is 12.1 Å². The van der Waals surface area contributed by atoms with Gasteiger partial charge in [-0.05, 0) is 12.1 Å². The topological polar surface area (TPSA) is 105 Å². The number of hydrogen-bond acceptors (Lipinski definition) is 5. The third-order valence-electron chi connectivity index (χ3n) is 2.67. The average molecular weight is 324 g/mol. The molecule has 0 atom stereocenters. The summed E-state index contributed by atoms with van der Waals surface area (Å²) in [4.78, 5) is 14.0. The second-order valence-corrected chi connectivity index (χ2v) is 6.14. The summed E-state index contributed by atoms with van der Waals surface area (Å²) >= 11 is 0. The summed E-state index contributed by atoms with van der Waals surface area (Å²) in [7, 11) is -3.70. The summed E-state index contributed by atoms with van der Waals surface area (Å²) in [6.45, 7) is -0.305. The molecule has 0 bridgehead atoms. The molecule has 0 fully saturated rings. The van der Waals surface area contributed by atoms with Crippen LogP contribution in [0.5, 0.6) is 0 Å². The first-order valence-electron chi connectivity index (χ1n) is 5.53. The average Bonchev–Trinajstić information content (AvgIpc) is 2.30. The van der Waals surface area contributed by atoms with Crippen LogP contribution in [0, 0.1) is 0 Å². The number of rotatable bonds is 2. The lowest BCUT2D eigenvalue weighted by atomic mass is 10.0. The number of anilines is 2. The number of nitrogens with one attached hydrogen (secondary N) is 2. The maximum absolute atomic E-state index is 12.7. The van der Waals surface area contributed by atoms with Crippen LogP contribution < -0.4 is 15.9 Å². The van der Waals surface area contributed by atoms with Gasteiger partial charge in [0.25, 0.3) is 5.91 Å². The standard InChI is InChI=1S/C10H11F3N4O3S/c1-21(19,20)16-17-4-15-8-3-6(10(11,12)13)7(14)2-5(8)9(17)18/h2-3,15-16H,4,14H2,1H3. The molecule has 116 valence electrons. The SMILES string of the molecule is CS(=O)(=O)NN1CNc2cc(C(F)(F)F)c(N)cc2C1=O. The Balaban J connectivity index is 2.42. The van der Waals surface area contributed by atoms with E-state index in [0.29, 0.717) is 0 Å². The minimum atomic E-state index is -4.65. The number of hydrazine groups is 1. The number of hydrogen-bond donors (Lipinski definition) is 3. The van der Waals surface area contributed by atoms with Gasteiger partial charge < -0.3 is 11.1 Å². The van der Waals surface area contributed by atoms with E-state index in [4.69, 9.17) is 5.73 Å². The third-order valence-corrected chi connectivity index (χ3v) is 3.23. The maximum atomic E-state index is 12.7. The number of halogens is 3. The van der Waals surface area contributed by atoms with Crippen LogP contribution in [0.2, 0.25) is 0 Å². The predicted molar refractivity (Wildman–Crippen MR) is 68.5 cm³/mol. The number of benzene rings is 1. The molecule has 1 aliphatic heterocycles. The van der Waals surface area contributed by atoms with E-state index in [9.17, 15) is 26.4 Å². The molecule has 0 saturated carbocycles. The van der Waals surface area contributed by atoms with Crippen molar-refractivity contribution in [2.45, 2.75) is 6.18 Å². The van der Waals surface area contributed by atoms with E-state index in [-0.39, 0.29) is 17.9 Å². The van der Waals surface area contributed by atoms with Gasteiger partial charge >= 0.3 is 6.18 Å². The smallest absolute Gasteiger partial charge is 0.398 e. The van der Waals surface area contributed by atoms with Gasteiger partial charge in [-0.1, -0.05) is 0 Å². The van der Waals surface area contributed by atoms with E-state index in [1.165, 1.54) is 0 Å². The number of carbonyl (C=O) groups is 1. The van der Waals surface area contributed by atoms with Crippen molar-refractivity contribution in [3.63, 3.8) is 0 Å². The summed E-state index contributed by atoms with van der Waals surface area (Å²) in [6.07, 6.45) is -3.80. The number of amides is 1. The molecule has 0 unspecified atom stereocenters. The number of sulfonamides is 1. The second-order valence-electron chi connectivity index (χ2n) is 4.41. The van der Waals surface area contributed by atoms with Gasteiger partial charge in [0.2, 0.25) is 10.0 Å². The molecule has 21 heavy (non-hydrogen) atoms. The lowest BCUT2D eigenvalue weighted by Gasteiger charge is -2.29. The number of carbonyl (C=O) groups excluding carboxylic acids is 1. The Labute approximate surface area is 117 Å². The molecule has 0 radical (unpaired) electrons. The fourth-order valence-corrected chi connectivity index (χ4v) is 2.39. The molecule has 0 spiro atoms. The van der Waals surface area contributed by atoms with Crippen molar-refractivity contribution in [2.24, 2.45) is 0 Å². The number of nitrogen functional groups attached to an aromatic ring is 1. The molecule has 1 aromatic carbocycles. The van der Waals surface area contributed by atoms with Gasteiger partial charge in [0.05, 0.1) is 17.4 Å². The van der Waals surface area contributed by atoms with Gasteiger partial charge in [-0.3, -0.25) is 4.79 Å². The van der Waals surface area contributed by atoms with E-state index >= 15 is 0 Å². The van der Waals surface area contributed by atoms with Gasteiger partial charge in [-0.2, -0.15) is 13.2 Å². The fourth-order valence-electron chi connectivity index (χ4n) is 1.84. The normalized spacial score (nSPS) is 15.6. The van der Waals surface area contributed by atoms with Crippen LogP contribution in [0.25, 0.3) is 0 Å². The first-order valence-corrected chi connectivity index (χ1v) is 7.42. The molecule has 11 heteroatoms. The molecule has 1 aromatic rings. The zero-order valence-corrected chi connectivity index (χ0v) is 11.5. The Kier molecular flexibility index (Phi) is 3.49. The Hall–Kier alpha value is -2.01. The zero-order chi connectivity index (χ0) is 16.0. The van der Waals surface area contributed by atoms with Crippen LogP contribution >= 0.6 is 0 Å². The number of fused-ring (bicyclic) bond motifs is 1. The van der Waals surface area contributed by atoms with Gasteiger partial charge in [-0.15, -0.1) is 4.83 Å². The number of nitrogens with two attached hydrogens (primary N) is 1. The van der Waals surface area contributed by atoms with Gasteiger partial charge in [0.1, 0.15) is 6.67 Å². The molecule has 1 heterocycles. The van der Waals surface area contributed by atoms with Crippen molar-refractivity contribution < 1.29 is 26.4 Å². The Morgan fingerprint density at radius 3 is 2.52 bits per heavy atom. The lowest BCUT2D eigenvalue weighted by Crippen LogP contribution is -2.50. The molecule has 7 nitrogen and oxygen atoms in total. The summed E-state index contributed by atoms with van der Waals surface area (Å²) in [5, 5.41) is 3.25. The highest BCUT2D eigenvalue weighted by atomic mass is 32.2. The van der Waals surface area contributed by atoms with Crippen molar-refractivity contribution in [3.05, 3.63) is 23.3 Å². The van der Waals surface area contributed by atoms with E-state index in [0.717, 1.165) is 23.4 Å². The third kappa shape index (κ3) is 3.19. The predicted octanol–water partition coefficient (Wildman–Crippen LogP) is 0.577. The molecule has 1 amide bonds. The molecule has 4 N–H and O–H groups in total. The monoisotopic (exact) mass is 324 g/mol. The van der Waals surface area contributed by atoms with Crippen LogP contribution in [0.4, 0.5) is 24.5 Å². The highest BCUT2D eigenvalue weighted by Crippen LogP contribution is 2.37. The molecule has 1 aliphatic rings. The van der Waals surface area contributed by atoms with E-state index in [1.54, 1.807) is 0 Å². The Morgan fingerprint density at radius 1 is 1.38 bits per heavy atom. The van der Waals surface area contributed by atoms with Crippen LogP contribution in [0.1, 0.15) is 15.9 Å². The summed E-state index contributed by atoms with van der Waals surface area (Å²) < 4.78 is 60.4. The molecule has 0 aromatic heterocycles.